The Morgan fingerprint density at radius 2 is 2.27 bits per heavy atom. The normalized spacial score (nSPS) is 9.93. The van der Waals surface area contributed by atoms with E-state index in [4.69, 9.17) is 0 Å². The molecule has 1 amide bonds. The molecule has 1 aromatic heterocycles. The van der Waals surface area contributed by atoms with Gasteiger partial charge in [-0.25, -0.2) is 4.39 Å². The molecule has 0 atom stereocenters. The Balaban J connectivity index is 2.15. The number of halogens is 1. The van der Waals surface area contributed by atoms with Gasteiger partial charge in [0.2, 0.25) is 0 Å². The molecule has 4 nitrogen and oxygen atoms in total. The summed E-state index contributed by atoms with van der Waals surface area (Å²) < 4.78 is 17.3. The molecular formula is C10H7FN2O2. The quantitative estimate of drug-likeness (QED) is 0.818. The van der Waals surface area contributed by atoms with Gasteiger partial charge in [0.25, 0.3) is 5.91 Å². The summed E-state index contributed by atoms with van der Waals surface area (Å²) in [5.41, 5.74) is 0.234. The van der Waals surface area contributed by atoms with E-state index in [9.17, 15) is 9.18 Å². The molecule has 0 radical (unpaired) electrons. The van der Waals surface area contributed by atoms with Crippen molar-refractivity contribution in [2.75, 3.05) is 5.32 Å². The fraction of sp³-hybridized carbons (Fsp3) is 0. The minimum Gasteiger partial charge on any atom is -0.363 e. The molecule has 1 aromatic carbocycles. The summed E-state index contributed by atoms with van der Waals surface area (Å²) in [4.78, 5) is 11.5. The molecule has 0 saturated carbocycles. The highest BCUT2D eigenvalue weighted by Gasteiger charge is 2.07. The Hall–Kier alpha value is -2.17. The highest BCUT2D eigenvalue weighted by Crippen LogP contribution is 2.07. The van der Waals surface area contributed by atoms with Gasteiger partial charge < -0.3 is 9.84 Å². The summed E-state index contributed by atoms with van der Waals surface area (Å²) in [5, 5.41) is 5.96. The summed E-state index contributed by atoms with van der Waals surface area (Å²) in [5.74, 6) is -0.588. The topological polar surface area (TPSA) is 55.1 Å². The smallest absolute Gasteiger partial charge is 0.257 e. The fourth-order valence-corrected chi connectivity index (χ4v) is 1.10. The highest BCUT2D eigenvalue weighted by molar-refractivity contribution is 6.03. The highest BCUT2D eigenvalue weighted by atomic mass is 19.1. The van der Waals surface area contributed by atoms with Crippen molar-refractivity contribution in [2.24, 2.45) is 0 Å². The molecule has 0 aliphatic carbocycles. The fourth-order valence-electron chi connectivity index (χ4n) is 1.10. The zero-order valence-corrected chi connectivity index (χ0v) is 7.61. The largest absolute Gasteiger partial charge is 0.363 e. The van der Waals surface area contributed by atoms with Crippen LogP contribution in [0, 0.1) is 5.82 Å². The van der Waals surface area contributed by atoms with E-state index in [0.29, 0.717) is 5.82 Å². The van der Waals surface area contributed by atoms with E-state index >= 15 is 0 Å². The maximum atomic E-state index is 12.8. The van der Waals surface area contributed by atoms with Crippen LogP contribution in [0.25, 0.3) is 0 Å². The maximum Gasteiger partial charge on any atom is 0.257 e. The van der Waals surface area contributed by atoms with Crippen molar-refractivity contribution in [1.29, 1.82) is 0 Å². The average molecular weight is 206 g/mol. The van der Waals surface area contributed by atoms with Gasteiger partial charge in [0.1, 0.15) is 12.1 Å². The molecule has 0 spiro atoms. The number of rotatable bonds is 2. The molecule has 0 fully saturated rings. The molecule has 0 aliphatic rings. The Labute approximate surface area is 84.7 Å². The number of carbonyl (C=O) groups is 1. The monoisotopic (exact) mass is 206 g/mol. The summed E-state index contributed by atoms with van der Waals surface area (Å²) in [6.07, 6.45) is 1.33. The van der Waals surface area contributed by atoms with Gasteiger partial charge in [-0.3, -0.25) is 4.79 Å². The number of nitrogens with zero attached hydrogens (tertiary/aromatic N) is 1. The van der Waals surface area contributed by atoms with Crippen molar-refractivity contribution < 1.29 is 13.7 Å². The Morgan fingerprint density at radius 1 is 1.40 bits per heavy atom. The van der Waals surface area contributed by atoms with Gasteiger partial charge in [0.15, 0.2) is 5.82 Å². The first kappa shape index (κ1) is 9.39. The van der Waals surface area contributed by atoms with E-state index in [0.717, 1.165) is 6.07 Å². The molecule has 0 bridgehead atoms. The number of nitrogens with one attached hydrogen (secondary N) is 1. The molecular weight excluding hydrogens is 199 g/mol. The zero-order chi connectivity index (χ0) is 10.7. The van der Waals surface area contributed by atoms with Crippen LogP contribution < -0.4 is 5.32 Å². The minimum atomic E-state index is -0.456. The van der Waals surface area contributed by atoms with Crippen molar-refractivity contribution in [3.8, 4) is 0 Å². The third-order valence-corrected chi connectivity index (χ3v) is 1.77. The van der Waals surface area contributed by atoms with Gasteiger partial charge in [-0.1, -0.05) is 11.2 Å². The Morgan fingerprint density at radius 3 is 2.93 bits per heavy atom. The van der Waals surface area contributed by atoms with E-state index in [2.05, 4.69) is 15.0 Å². The van der Waals surface area contributed by atoms with Crippen LogP contribution in [0.4, 0.5) is 10.2 Å². The summed E-state index contributed by atoms with van der Waals surface area (Å²) in [6, 6.07) is 6.89. The molecule has 76 valence electrons. The first-order valence-electron chi connectivity index (χ1n) is 4.23. The Kier molecular flexibility index (Phi) is 2.45. The van der Waals surface area contributed by atoms with Crippen molar-refractivity contribution in [1.82, 2.24) is 5.16 Å². The van der Waals surface area contributed by atoms with Crippen LogP contribution in [0.5, 0.6) is 0 Å². The van der Waals surface area contributed by atoms with Crippen molar-refractivity contribution in [2.45, 2.75) is 0 Å². The predicted octanol–water partition coefficient (Wildman–Crippen LogP) is 2.07. The molecule has 1 heterocycles. The second kappa shape index (κ2) is 3.91. The molecule has 1 N–H and O–H groups in total. The standard InChI is InChI=1S/C10H7FN2O2/c11-8-3-1-2-7(6-8)10(14)12-9-4-5-15-13-9/h1-6H,(H,12,13,14). The maximum absolute atomic E-state index is 12.8. The van der Waals surface area contributed by atoms with E-state index in [1.165, 1.54) is 30.5 Å². The van der Waals surface area contributed by atoms with E-state index in [1.54, 1.807) is 0 Å². The first-order valence-corrected chi connectivity index (χ1v) is 4.23. The van der Waals surface area contributed by atoms with Gasteiger partial charge in [-0.2, -0.15) is 0 Å². The van der Waals surface area contributed by atoms with Crippen LogP contribution >= 0.6 is 0 Å². The minimum absolute atomic E-state index is 0.234. The molecule has 2 rings (SSSR count). The summed E-state index contributed by atoms with van der Waals surface area (Å²) >= 11 is 0. The molecule has 0 unspecified atom stereocenters. The van der Waals surface area contributed by atoms with Crippen molar-refractivity contribution in [3.05, 3.63) is 48.0 Å². The van der Waals surface area contributed by atoms with Crippen LogP contribution in [-0.2, 0) is 0 Å². The number of hydrogen-bond acceptors (Lipinski definition) is 3. The lowest BCUT2D eigenvalue weighted by molar-refractivity contribution is 0.102. The molecule has 0 saturated heterocycles. The number of amides is 1. The van der Waals surface area contributed by atoms with E-state index in [-0.39, 0.29) is 5.56 Å². The van der Waals surface area contributed by atoms with Gasteiger partial charge in [-0.15, -0.1) is 0 Å². The lowest BCUT2D eigenvalue weighted by atomic mass is 10.2. The number of carbonyl (C=O) groups excluding carboxylic acids is 1. The number of benzene rings is 1. The third kappa shape index (κ3) is 2.19. The third-order valence-electron chi connectivity index (χ3n) is 1.77. The number of anilines is 1. The van der Waals surface area contributed by atoms with Crippen LogP contribution in [0.3, 0.4) is 0 Å². The van der Waals surface area contributed by atoms with Crippen LogP contribution in [0.1, 0.15) is 10.4 Å². The zero-order valence-electron chi connectivity index (χ0n) is 7.61. The lowest BCUT2D eigenvalue weighted by Gasteiger charge is -2.00. The van der Waals surface area contributed by atoms with Crippen molar-refractivity contribution in [3.63, 3.8) is 0 Å². The van der Waals surface area contributed by atoms with Crippen LogP contribution in [0.2, 0.25) is 0 Å². The van der Waals surface area contributed by atoms with E-state index < -0.39 is 11.7 Å². The molecule has 15 heavy (non-hydrogen) atoms. The molecule has 0 aliphatic heterocycles. The first-order chi connectivity index (χ1) is 7.25. The van der Waals surface area contributed by atoms with Gasteiger partial charge in [-0.05, 0) is 18.2 Å². The molecule has 5 heteroatoms. The summed E-state index contributed by atoms with van der Waals surface area (Å²) in [6.45, 7) is 0. The van der Waals surface area contributed by atoms with Crippen molar-refractivity contribution >= 4 is 11.7 Å². The second-order valence-corrected chi connectivity index (χ2v) is 2.85. The van der Waals surface area contributed by atoms with Gasteiger partial charge in [0.05, 0.1) is 0 Å². The second-order valence-electron chi connectivity index (χ2n) is 2.85. The Bertz CT molecular complexity index is 468. The molecule has 2 aromatic rings. The average Bonchev–Trinajstić information content (AvgIpc) is 2.70. The lowest BCUT2D eigenvalue weighted by Crippen LogP contribution is -2.12. The SMILES string of the molecule is O=C(Nc1ccon1)c1cccc(F)c1. The van der Waals surface area contributed by atoms with Crippen LogP contribution in [0.15, 0.2) is 41.1 Å². The van der Waals surface area contributed by atoms with Gasteiger partial charge >= 0.3 is 0 Å². The van der Waals surface area contributed by atoms with E-state index in [1.807, 2.05) is 0 Å². The summed E-state index contributed by atoms with van der Waals surface area (Å²) in [7, 11) is 0. The predicted molar refractivity (Wildman–Crippen MR) is 50.9 cm³/mol. The number of hydrogen-bond donors (Lipinski definition) is 1. The number of aromatic nitrogens is 1. The van der Waals surface area contributed by atoms with Gasteiger partial charge in [0, 0.05) is 11.6 Å². The van der Waals surface area contributed by atoms with Crippen LogP contribution in [-0.4, -0.2) is 11.1 Å².